The lowest BCUT2D eigenvalue weighted by atomic mass is 10.1. The first kappa shape index (κ1) is 15.4. The van der Waals surface area contributed by atoms with Crippen LogP contribution in [-0.2, 0) is 9.53 Å². The van der Waals surface area contributed by atoms with Gasteiger partial charge in [-0.25, -0.2) is 0 Å². The number of primary amides is 1. The van der Waals surface area contributed by atoms with Crippen LogP contribution in [0.2, 0.25) is 0 Å². The van der Waals surface area contributed by atoms with Crippen LogP contribution in [-0.4, -0.2) is 48.4 Å². The highest BCUT2D eigenvalue weighted by atomic mass is 32.2. The minimum Gasteiger partial charge on any atom is -0.367 e. The zero-order valence-corrected chi connectivity index (χ0v) is 12.6. The molecule has 2 rings (SSSR count). The molecule has 2 atom stereocenters. The summed E-state index contributed by atoms with van der Waals surface area (Å²) >= 11 is 1.87. The van der Waals surface area contributed by atoms with Crippen LogP contribution in [0.15, 0.2) is 35.2 Å². The van der Waals surface area contributed by atoms with E-state index in [4.69, 9.17) is 10.5 Å². The predicted molar refractivity (Wildman–Crippen MR) is 81.8 cm³/mol. The number of ether oxygens (including phenoxy) is 1. The van der Waals surface area contributed by atoms with E-state index in [9.17, 15) is 4.79 Å². The van der Waals surface area contributed by atoms with Gasteiger partial charge >= 0.3 is 0 Å². The summed E-state index contributed by atoms with van der Waals surface area (Å²) in [5.74, 6) is 0.713. The van der Waals surface area contributed by atoms with E-state index < -0.39 is 6.10 Å². The Kier molecular flexibility index (Phi) is 5.88. The van der Waals surface area contributed by atoms with Crippen molar-refractivity contribution in [3.8, 4) is 0 Å². The zero-order valence-electron chi connectivity index (χ0n) is 11.8. The third-order valence-corrected chi connectivity index (χ3v) is 4.63. The number of nitrogens with zero attached hydrogens (tertiary/aromatic N) is 1. The van der Waals surface area contributed by atoms with Gasteiger partial charge in [-0.1, -0.05) is 18.2 Å². The van der Waals surface area contributed by atoms with E-state index in [1.165, 1.54) is 4.90 Å². The van der Waals surface area contributed by atoms with Crippen molar-refractivity contribution in [2.75, 3.05) is 25.4 Å². The molecule has 0 radical (unpaired) electrons. The van der Waals surface area contributed by atoms with Crippen LogP contribution in [0.5, 0.6) is 0 Å². The molecule has 20 heavy (non-hydrogen) atoms. The maximum atomic E-state index is 11.2. The Morgan fingerprint density at radius 2 is 2.25 bits per heavy atom. The van der Waals surface area contributed by atoms with Crippen molar-refractivity contribution in [2.24, 2.45) is 5.73 Å². The van der Waals surface area contributed by atoms with E-state index in [2.05, 4.69) is 36.1 Å². The fourth-order valence-electron chi connectivity index (χ4n) is 2.29. The van der Waals surface area contributed by atoms with Gasteiger partial charge in [0.2, 0.25) is 5.91 Å². The number of morpholine rings is 1. The van der Waals surface area contributed by atoms with Crippen LogP contribution in [0.3, 0.4) is 0 Å². The van der Waals surface area contributed by atoms with Crippen LogP contribution in [0.4, 0.5) is 0 Å². The van der Waals surface area contributed by atoms with Crippen molar-refractivity contribution >= 4 is 17.7 Å². The predicted octanol–water partition coefficient (Wildman–Crippen LogP) is 1.74. The summed E-state index contributed by atoms with van der Waals surface area (Å²) in [5.41, 5.74) is 5.31. The zero-order chi connectivity index (χ0) is 14.4. The largest absolute Gasteiger partial charge is 0.367 e. The fraction of sp³-hybridized carbons (Fsp3) is 0.533. The maximum absolute atomic E-state index is 11.2. The molecular weight excluding hydrogens is 272 g/mol. The summed E-state index contributed by atoms with van der Waals surface area (Å²) in [6.45, 7) is 4.28. The van der Waals surface area contributed by atoms with Crippen molar-refractivity contribution in [1.82, 2.24) is 4.90 Å². The quantitative estimate of drug-likeness (QED) is 0.812. The van der Waals surface area contributed by atoms with Gasteiger partial charge in [-0.3, -0.25) is 9.69 Å². The van der Waals surface area contributed by atoms with Gasteiger partial charge < -0.3 is 10.5 Å². The summed E-state index contributed by atoms with van der Waals surface area (Å²) in [5, 5.41) is 0. The van der Waals surface area contributed by atoms with Gasteiger partial charge in [0, 0.05) is 24.0 Å². The van der Waals surface area contributed by atoms with E-state index in [-0.39, 0.29) is 5.91 Å². The Labute approximate surface area is 124 Å². The lowest BCUT2D eigenvalue weighted by Gasteiger charge is -2.35. The van der Waals surface area contributed by atoms with Gasteiger partial charge in [-0.15, -0.1) is 11.8 Å². The lowest BCUT2D eigenvalue weighted by Crippen LogP contribution is -2.51. The summed E-state index contributed by atoms with van der Waals surface area (Å²) in [6.07, 6.45) is 0.637. The Morgan fingerprint density at radius 3 is 2.95 bits per heavy atom. The van der Waals surface area contributed by atoms with Crippen LogP contribution >= 0.6 is 11.8 Å². The van der Waals surface area contributed by atoms with Crippen LogP contribution in [0.1, 0.15) is 13.3 Å². The first-order chi connectivity index (χ1) is 9.66. The number of thioether (sulfide) groups is 1. The van der Waals surface area contributed by atoms with Gasteiger partial charge in [0.05, 0.1) is 6.61 Å². The molecule has 1 aromatic carbocycles. The van der Waals surface area contributed by atoms with Crippen molar-refractivity contribution in [3.63, 3.8) is 0 Å². The lowest BCUT2D eigenvalue weighted by molar-refractivity contribution is -0.136. The van der Waals surface area contributed by atoms with Gasteiger partial charge in [0.25, 0.3) is 0 Å². The Bertz CT molecular complexity index is 427. The second-order valence-electron chi connectivity index (χ2n) is 5.06. The van der Waals surface area contributed by atoms with Gasteiger partial charge in [0.1, 0.15) is 6.10 Å². The SMILES string of the molecule is C[C@@H](CCSc1ccccc1)N1CCO[C@@H](C(N)=O)C1. The van der Waals surface area contributed by atoms with Gasteiger partial charge in [-0.05, 0) is 31.2 Å². The van der Waals surface area contributed by atoms with Crippen LogP contribution < -0.4 is 5.73 Å². The van der Waals surface area contributed by atoms with E-state index in [1.54, 1.807) is 0 Å². The number of benzene rings is 1. The molecule has 1 amide bonds. The summed E-state index contributed by atoms with van der Waals surface area (Å²) < 4.78 is 5.37. The molecule has 0 aliphatic carbocycles. The van der Waals surface area contributed by atoms with Crippen LogP contribution in [0, 0.1) is 0 Å². The van der Waals surface area contributed by atoms with E-state index in [0.717, 1.165) is 18.7 Å². The first-order valence-corrected chi connectivity index (χ1v) is 7.98. The third-order valence-electron chi connectivity index (χ3n) is 3.59. The first-order valence-electron chi connectivity index (χ1n) is 6.99. The molecule has 2 N–H and O–H groups in total. The molecule has 1 aliphatic rings. The molecular formula is C15H22N2O2S. The highest BCUT2D eigenvalue weighted by Crippen LogP contribution is 2.20. The van der Waals surface area contributed by atoms with E-state index >= 15 is 0 Å². The van der Waals surface area contributed by atoms with Gasteiger partial charge in [0.15, 0.2) is 0 Å². The molecule has 1 saturated heterocycles. The molecule has 0 unspecified atom stereocenters. The molecule has 0 saturated carbocycles. The number of hydrogen-bond donors (Lipinski definition) is 1. The Morgan fingerprint density at radius 1 is 1.50 bits per heavy atom. The molecule has 5 heteroatoms. The number of rotatable bonds is 6. The average molecular weight is 294 g/mol. The topological polar surface area (TPSA) is 55.6 Å². The van der Waals surface area contributed by atoms with E-state index in [1.807, 2.05) is 17.8 Å². The number of carbonyl (C=O) groups excluding carboxylic acids is 1. The maximum Gasteiger partial charge on any atom is 0.247 e. The van der Waals surface area contributed by atoms with E-state index in [0.29, 0.717) is 19.2 Å². The summed E-state index contributed by atoms with van der Waals surface area (Å²) in [4.78, 5) is 14.8. The monoisotopic (exact) mass is 294 g/mol. The minimum atomic E-state index is -0.451. The Hall–Kier alpha value is -1.04. The van der Waals surface area contributed by atoms with Crippen molar-refractivity contribution < 1.29 is 9.53 Å². The van der Waals surface area contributed by atoms with Crippen molar-refractivity contribution in [2.45, 2.75) is 30.4 Å². The number of carbonyl (C=O) groups is 1. The molecule has 4 nitrogen and oxygen atoms in total. The molecule has 1 heterocycles. The molecule has 110 valence electrons. The fourth-order valence-corrected chi connectivity index (χ4v) is 3.33. The van der Waals surface area contributed by atoms with Crippen LogP contribution in [0.25, 0.3) is 0 Å². The smallest absolute Gasteiger partial charge is 0.247 e. The molecule has 1 fully saturated rings. The molecule has 1 aliphatic heterocycles. The Balaban J connectivity index is 1.74. The van der Waals surface area contributed by atoms with Crippen molar-refractivity contribution in [1.29, 1.82) is 0 Å². The molecule has 0 aromatic heterocycles. The van der Waals surface area contributed by atoms with Gasteiger partial charge in [-0.2, -0.15) is 0 Å². The summed E-state index contributed by atoms with van der Waals surface area (Å²) in [6, 6.07) is 10.9. The second kappa shape index (κ2) is 7.67. The molecule has 0 spiro atoms. The summed E-state index contributed by atoms with van der Waals surface area (Å²) in [7, 11) is 0. The minimum absolute atomic E-state index is 0.361. The molecule has 0 bridgehead atoms. The van der Waals surface area contributed by atoms with Crippen molar-refractivity contribution in [3.05, 3.63) is 30.3 Å². The molecule has 1 aromatic rings. The number of hydrogen-bond acceptors (Lipinski definition) is 4. The third kappa shape index (κ3) is 4.51. The second-order valence-corrected chi connectivity index (χ2v) is 6.22. The average Bonchev–Trinajstić information content (AvgIpc) is 2.48. The standard InChI is InChI=1S/C15H22N2O2S/c1-12(7-10-20-13-5-3-2-4-6-13)17-8-9-19-14(11-17)15(16)18/h2-6,12,14H,7-11H2,1H3,(H2,16,18)/t12-,14+/m0/s1. The normalized spacial score (nSPS) is 21.6. The highest BCUT2D eigenvalue weighted by molar-refractivity contribution is 7.99. The highest BCUT2D eigenvalue weighted by Gasteiger charge is 2.27. The number of nitrogens with two attached hydrogens (primary N) is 1. The number of amides is 1.